The lowest BCUT2D eigenvalue weighted by Gasteiger charge is -2.23. The second-order valence-electron chi connectivity index (χ2n) is 7.36. The highest BCUT2D eigenvalue weighted by atomic mass is 19.4. The van der Waals surface area contributed by atoms with Gasteiger partial charge in [0.05, 0.1) is 6.10 Å². The maximum absolute atomic E-state index is 13.5. The Hall–Kier alpha value is -2.31. The third kappa shape index (κ3) is 4.56. The maximum Gasteiger partial charge on any atom is 0.421 e. The summed E-state index contributed by atoms with van der Waals surface area (Å²) in [5.41, 5.74) is 1.00. The van der Waals surface area contributed by atoms with Crippen LogP contribution in [0.2, 0.25) is 0 Å². The minimum atomic E-state index is -4.55. The normalized spacial score (nSPS) is 16.2. The zero-order chi connectivity index (χ0) is 20.3. The summed E-state index contributed by atoms with van der Waals surface area (Å²) in [6, 6.07) is 7.67. The lowest BCUT2D eigenvalue weighted by Crippen LogP contribution is -2.20. The molecule has 1 unspecified atom stereocenters. The predicted octanol–water partition coefficient (Wildman–Crippen LogP) is 6.10. The summed E-state index contributed by atoms with van der Waals surface area (Å²) >= 11 is 0. The molecule has 0 amide bonds. The SMILES string of the molecule is CCC(C)Oc1ncc(C(F)(F)F)c(N(C)c2ccc(C3CCCC3)cc2)n1. The molecule has 2 aromatic rings. The summed E-state index contributed by atoms with van der Waals surface area (Å²) in [5.74, 6) is 0.342. The molecule has 1 fully saturated rings. The molecule has 0 spiro atoms. The number of anilines is 2. The molecule has 3 rings (SSSR count). The van der Waals surface area contributed by atoms with Crippen molar-refractivity contribution in [3.8, 4) is 6.01 Å². The Labute approximate surface area is 163 Å². The number of aromatic nitrogens is 2. The van der Waals surface area contributed by atoms with Crippen LogP contribution in [0.4, 0.5) is 24.7 Å². The van der Waals surface area contributed by atoms with Crippen LogP contribution in [0.15, 0.2) is 30.5 Å². The number of hydrogen-bond donors (Lipinski definition) is 0. The monoisotopic (exact) mass is 393 g/mol. The number of benzene rings is 1. The fourth-order valence-corrected chi connectivity index (χ4v) is 3.48. The zero-order valence-corrected chi connectivity index (χ0v) is 16.5. The minimum absolute atomic E-state index is 0.0493. The van der Waals surface area contributed by atoms with Crippen LogP contribution in [0.1, 0.15) is 63.0 Å². The average molecular weight is 393 g/mol. The average Bonchev–Trinajstić information content (AvgIpc) is 3.21. The molecule has 0 bridgehead atoms. The first-order chi connectivity index (χ1) is 13.3. The molecule has 1 saturated carbocycles. The molecular formula is C21H26F3N3O. The first-order valence-electron chi connectivity index (χ1n) is 9.74. The maximum atomic E-state index is 13.5. The Morgan fingerprint density at radius 2 is 1.82 bits per heavy atom. The van der Waals surface area contributed by atoms with Crippen molar-refractivity contribution in [1.29, 1.82) is 0 Å². The van der Waals surface area contributed by atoms with E-state index in [-0.39, 0.29) is 17.9 Å². The van der Waals surface area contributed by atoms with E-state index in [1.54, 1.807) is 7.05 Å². The highest BCUT2D eigenvalue weighted by molar-refractivity contribution is 5.63. The van der Waals surface area contributed by atoms with E-state index in [0.717, 1.165) is 6.20 Å². The van der Waals surface area contributed by atoms with Crippen molar-refractivity contribution in [3.05, 3.63) is 41.6 Å². The van der Waals surface area contributed by atoms with Crippen molar-refractivity contribution in [1.82, 2.24) is 9.97 Å². The summed E-state index contributed by atoms with van der Waals surface area (Å²) in [6.45, 7) is 3.75. The van der Waals surface area contributed by atoms with E-state index in [1.807, 2.05) is 38.1 Å². The quantitative estimate of drug-likeness (QED) is 0.594. The number of hydrogen-bond acceptors (Lipinski definition) is 4. The van der Waals surface area contributed by atoms with Crippen LogP contribution in [0.5, 0.6) is 6.01 Å². The number of rotatable bonds is 6. The standard InChI is InChI=1S/C21H26F3N3O/c1-4-14(2)28-20-25-13-18(21(22,23)24)19(26-20)27(3)17-11-9-16(10-12-17)15-7-5-6-8-15/h9-15H,4-8H2,1-3H3. The number of nitrogens with zero attached hydrogens (tertiary/aromatic N) is 3. The molecule has 1 atom stereocenters. The minimum Gasteiger partial charge on any atom is -0.460 e. The Kier molecular flexibility index (Phi) is 6.10. The lowest BCUT2D eigenvalue weighted by atomic mass is 9.97. The van der Waals surface area contributed by atoms with Crippen molar-refractivity contribution in [2.24, 2.45) is 0 Å². The van der Waals surface area contributed by atoms with E-state index >= 15 is 0 Å². The van der Waals surface area contributed by atoms with Crippen molar-refractivity contribution >= 4 is 11.5 Å². The molecule has 0 aliphatic heterocycles. The molecule has 7 heteroatoms. The topological polar surface area (TPSA) is 38.2 Å². The van der Waals surface area contributed by atoms with Crippen molar-refractivity contribution in [2.45, 2.75) is 64.1 Å². The number of ether oxygens (including phenoxy) is 1. The van der Waals surface area contributed by atoms with Gasteiger partial charge in [-0.3, -0.25) is 0 Å². The molecule has 1 aromatic carbocycles. The van der Waals surface area contributed by atoms with Gasteiger partial charge >= 0.3 is 12.2 Å². The molecule has 1 aliphatic carbocycles. The molecule has 152 valence electrons. The summed E-state index contributed by atoms with van der Waals surface area (Å²) in [5, 5.41) is 0. The van der Waals surface area contributed by atoms with E-state index in [0.29, 0.717) is 18.0 Å². The molecule has 0 N–H and O–H groups in total. The number of halogens is 3. The van der Waals surface area contributed by atoms with Gasteiger partial charge in [-0.05, 0) is 49.8 Å². The molecule has 1 aliphatic rings. The van der Waals surface area contributed by atoms with Gasteiger partial charge in [-0.15, -0.1) is 0 Å². The molecule has 4 nitrogen and oxygen atoms in total. The van der Waals surface area contributed by atoms with Gasteiger partial charge in [0.15, 0.2) is 5.82 Å². The van der Waals surface area contributed by atoms with Gasteiger partial charge in [-0.1, -0.05) is 31.9 Å². The summed E-state index contributed by atoms with van der Waals surface area (Å²) in [4.78, 5) is 9.27. The van der Waals surface area contributed by atoms with Gasteiger partial charge in [0.1, 0.15) is 5.56 Å². The van der Waals surface area contributed by atoms with E-state index in [2.05, 4.69) is 9.97 Å². The van der Waals surface area contributed by atoms with E-state index < -0.39 is 11.7 Å². The molecule has 0 radical (unpaired) electrons. The number of alkyl halides is 3. The van der Waals surface area contributed by atoms with Crippen LogP contribution >= 0.6 is 0 Å². The molecular weight excluding hydrogens is 367 g/mol. The third-order valence-electron chi connectivity index (χ3n) is 5.36. The summed E-state index contributed by atoms with van der Waals surface area (Å²) in [7, 11) is 1.58. The van der Waals surface area contributed by atoms with Crippen LogP contribution in [-0.2, 0) is 6.18 Å². The van der Waals surface area contributed by atoms with Gasteiger partial charge in [0.25, 0.3) is 0 Å². The largest absolute Gasteiger partial charge is 0.460 e. The highest BCUT2D eigenvalue weighted by Crippen LogP contribution is 2.39. The second kappa shape index (κ2) is 8.37. The van der Waals surface area contributed by atoms with Crippen LogP contribution < -0.4 is 9.64 Å². The Morgan fingerprint density at radius 3 is 2.39 bits per heavy atom. The molecule has 1 heterocycles. The second-order valence-corrected chi connectivity index (χ2v) is 7.36. The van der Waals surface area contributed by atoms with Crippen LogP contribution in [-0.4, -0.2) is 23.1 Å². The predicted molar refractivity (Wildman–Crippen MR) is 103 cm³/mol. The molecule has 1 aromatic heterocycles. The summed E-state index contributed by atoms with van der Waals surface area (Å²) in [6.07, 6.45) is 1.60. The Bertz CT molecular complexity index is 786. The first kappa shape index (κ1) is 20.4. The fraction of sp³-hybridized carbons (Fsp3) is 0.524. The fourth-order valence-electron chi connectivity index (χ4n) is 3.48. The van der Waals surface area contributed by atoms with Gasteiger partial charge in [-0.25, -0.2) is 4.98 Å². The van der Waals surface area contributed by atoms with E-state index in [1.165, 1.54) is 36.1 Å². The third-order valence-corrected chi connectivity index (χ3v) is 5.36. The summed E-state index contributed by atoms with van der Waals surface area (Å²) < 4.78 is 46.0. The van der Waals surface area contributed by atoms with Crippen molar-refractivity contribution in [3.63, 3.8) is 0 Å². The van der Waals surface area contributed by atoms with Crippen LogP contribution in [0.3, 0.4) is 0 Å². The van der Waals surface area contributed by atoms with E-state index in [9.17, 15) is 13.2 Å². The van der Waals surface area contributed by atoms with E-state index in [4.69, 9.17) is 4.74 Å². The highest BCUT2D eigenvalue weighted by Gasteiger charge is 2.37. The van der Waals surface area contributed by atoms with Crippen LogP contribution in [0.25, 0.3) is 0 Å². The van der Waals surface area contributed by atoms with Gasteiger partial charge in [-0.2, -0.15) is 18.2 Å². The van der Waals surface area contributed by atoms with Gasteiger partial charge in [0.2, 0.25) is 0 Å². The zero-order valence-electron chi connectivity index (χ0n) is 16.5. The van der Waals surface area contributed by atoms with Gasteiger partial charge < -0.3 is 9.64 Å². The molecule has 0 saturated heterocycles. The Morgan fingerprint density at radius 1 is 1.18 bits per heavy atom. The van der Waals surface area contributed by atoms with Crippen LogP contribution in [0, 0.1) is 0 Å². The Balaban J connectivity index is 1.91. The van der Waals surface area contributed by atoms with Crippen molar-refractivity contribution < 1.29 is 17.9 Å². The lowest BCUT2D eigenvalue weighted by molar-refractivity contribution is -0.137. The first-order valence-corrected chi connectivity index (χ1v) is 9.74. The molecule has 28 heavy (non-hydrogen) atoms. The van der Waals surface area contributed by atoms with Gasteiger partial charge in [0, 0.05) is 18.9 Å². The van der Waals surface area contributed by atoms with Crippen molar-refractivity contribution in [2.75, 3.05) is 11.9 Å². The smallest absolute Gasteiger partial charge is 0.421 e.